The Balaban J connectivity index is 2.72. The lowest BCUT2D eigenvalue weighted by Crippen LogP contribution is -2.19. The third-order valence-electron chi connectivity index (χ3n) is 2.22. The average molecular weight is 288 g/mol. The molecule has 0 amide bonds. The topological polar surface area (TPSA) is 32.7 Å². The number of aliphatic hydroxyl groups is 1. The van der Waals surface area contributed by atoms with Crippen molar-refractivity contribution in [1.82, 2.24) is 4.90 Å². The summed E-state index contributed by atoms with van der Waals surface area (Å²) in [6, 6.07) is 5.66. The Morgan fingerprint density at radius 2 is 2.12 bits per heavy atom. The van der Waals surface area contributed by atoms with Gasteiger partial charge in [0.25, 0.3) is 0 Å². The Hall–Kier alpha value is -0.580. The van der Waals surface area contributed by atoms with E-state index in [1.807, 2.05) is 32.3 Å². The summed E-state index contributed by atoms with van der Waals surface area (Å²) in [5, 5.41) is 9.60. The van der Waals surface area contributed by atoms with E-state index in [1.165, 1.54) is 0 Å². The Morgan fingerprint density at radius 1 is 1.44 bits per heavy atom. The molecule has 1 rings (SSSR count). The van der Waals surface area contributed by atoms with Gasteiger partial charge in [-0.3, -0.25) is 0 Å². The van der Waals surface area contributed by atoms with Crippen molar-refractivity contribution in [1.29, 1.82) is 0 Å². The number of halogens is 1. The van der Waals surface area contributed by atoms with Gasteiger partial charge in [-0.05, 0) is 33.2 Å². The fourth-order valence-electron chi connectivity index (χ4n) is 1.32. The van der Waals surface area contributed by atoms with E-state index >= 15 is 0 Å². The van der Waals surface area contributed by atoms with Crippen LogP contribution in [-0.2, 0) is 0 Å². The van der Waals surface area contributed by atoms with Gasteiger partial charge in [0.1, 0.15) is 12.4 Å². The molecular weight excluding hydrogens is 270 g/mol. The van der Waals surface area contributed by atoms with Gasteiger partial charge < -0.3 is 14.7 Å². The number of likely N-dealkylation sites (N-methyl/N-ethyl adjacent to an activating group) is 1. The summed E-state index contributed by atoms with van der Waals surface area (Å²) in [7, 11) is 4.00. The summed E-state index contributed by atoms with van der Waals surface area (Å²) in [5.74, 6) is 0.742. The first-order valence-corrected chi connectivity index (χ1v) is 6.05. The first-order valence-electron chi connectivity index (χ1n) is 5.25. The highest BCUT2D eigenvalue weighted by molar-refractivity contribution is 9.10. The molecule has 0 saturated heterocycles. The third-order valence-corrected chi connectivity index (χ3v) is 2.72. The maximum Gasteiger partial charge on any atom is 0.126 e. The van der Waals surface area contributed by atoms with Crippen molar-refractivity contribution >= 4 is 15.9 Å². The monoisotopic (exact) mass is 287 g/mol. The van der Waals surface area contributed by atoms with Crippen molar-refractivity contribution in [3.8, 4) is 5.75 Å². The van der Waals surface area contributed by atoms with Gasteiger partial charge in [-0.1, -0.05) is 22.0 Å². The SMILES string of the molecule is CC(O)c1ccc(Br)cc1OCCN(C)C. The lowest BCUT2D eigenvalue weighted by molar-refractivity contribution is 0.188. The molecule has 4 heteroatoms. The van der Waals surface area contributed by atoms with Crippen LogP contribution >= 0.6 is 15.9 Å². The summed E-state index contributed by atoms with van der Waals surface area (Å²) < 4.78 is 6.61. The molecule has 3 nitrogen and oxygen atoms in total. The van der Waals surface area contributed by atoms with E-state index in [2.05, 4.69) is 20.8 Å². The minimum Gasteiger partial charge on any atom is -0.492 e. The lowest BCUT2D eigenvalue weighted by Gasteiger charge is -2.15. The van der Waals surface area contributed by atoms with E-state index in [0.29, 0.717) is 6.61 Å². The van der Waals surface area contributed by atoms with Crippen LogP contribution in [-0.4, -0.2) is 37.3 Å². The number of benzene rings is 1. The van der Waals surface area contributed by atoms with Gasteiger partial charge in [-0.15, -0.1) is 0 Å². The number of hydrogen-bond donors (Lipinski definition) is 1. The summed E-state index contributed by atoms with van der Waals surface area (Å²) >= 11 is 3.39. The second-order valence-corrected chi connectivity index (χ2v) is 4.93. The maximum atomic E-state index is 9.60. The highest BCUT2D eigenvalue weighted by Crippen LogP contribution is 2.28. The molecule has 0 heterocycles. The van der Waals surface area contributed by atoms with Crippen LogP contribution in [0.4, 0.5) is 0 Å². The molecule has 0 bridgehead atoms. The van der Waals surface area contributed by atoms with Crippen LogP contribution in [0, 0.1) is 0 Å². The molecule has 0 aliphatic heterocycles. The van der Waals surface area contributed by atoms with Gasteiger partial charge in [0.2, 0.25) is 0 Å². The molecule has 1 atom stereocenters. The zero-order chi connectivity index (χ0) is 12.1. The van der Waals surface area contributed by atoms with Crippen LogP contribution < -0.4 is 4.74 Å². The van der Waals surface area contributed by atoms with Crippen LogP contribution in [0.1, 0.15) is 18.6 Å². The Morgan fingerprint density at radius 3 is 2.69 bits per heavy atom. The molecule has 0 spiro atoms. The average Bonchev–Trinajstić information content (AvgIpc) is 2.16. The fraction of sp³-hybridized carbons (Fsp3) is 0.500. The molecule has 0 radical (unpaired) electrons. The Kier molecular flexibility index (Phi) is 5.25. The van der Waals surface area contributed by atoms with Crippen LogP contribution in [0.3, 0.4) is 0 Å². The predicted molar refractivity (Wildman–Crippen MR) is 68.8 cm³/mol. The number of ether oxygens (including phenoxy) is 1. The lowest BCUT2D eigenvalue weighted by atomic mass is 10.1. The summed E-state index contributed by atoms with van der Waals surface area (Å²) in [6.07, 6.45) is -0.512. The van der Waals surface area contributed by atoms with Gasteiger partial charge in [0.15, 0.2) is 0 Å². The van der Waals surface area contributed by atoms with Crippen molar-refractivity contribution in [2.45, 2.75) is 13.0 Å². The second kappa shape index (κ2) is 6.23. The molecule has 1 N–H and O–H groups in total. The molecule has 0 aliphatic rings. The van der Waals surface area contributed by atoms with E-state index in [0.717, 1.165) is 22.3 Å². The summed E-state index contributed by atoms with van der Waals surface area (Å²) in [4.78, 5) is 2.06. The molecule has 1 aromatic carbocycles. The molecule has 1 unspecified atom stereocenters. The molecule has 16 heavy (non-hydrogen) atoms. The van der Waals surface area contributed by atoms with Gasteiger partial charge >= 0.3 is 0 Å². The largest absolute Gasteiger partial charge is 0.492 e. The van der Waals surface area contributed by atoms with Crippen LogP contribution in [0.5, 0.6) is 5.75 Å². The molecule has 0 aromatic heterocycles. The van der Waals surface area contributed by atoms with Gasteiger partial charge in [0.05, 0.1) is 6.10 Å². The van der Waals surface area contributed by atoms with Crippen LogP contribution in [0.2, 0.25) is 0 Å². The smallest absolute Gasteiger partial charge is 0.126 e. The maximum absolute atomic E-state index is 9.60. The Labute approximate surface area is 105 Å². The zero-order valence-corrected chi connectivity index (χ0v) is 11.5. The van der Waals surface area contributed by atoms with E-state index in [1.54, 1.807) is 6.92 Å². The van der Waals surface area contributed by atoms with E-state index in [4.69, 9.17) is 4.74 Å². The third kappa shape index (κ3) is 4.12. The Bertz CT molecular complexity index is 340. The predicted octanol–water partition coefficient (Wildman–Crippen LogP) is 2.44. The van der Waals surface area contributed by atoms with Crippen molar-refractivity contribution in [3.63, 3.8) is 0 Å². The van der Waals surface area contributed by atoms with Gasteiger partial charge in [-0.2, -0.15) is 0 Å². The normalized spacial score (nSPS) is 12.9. The van der Waals surface area contributed by atoms with Crippen LogP contribution in [0.25, 0.3) is 0 Å². The first-order chi connectivity index (χ1) is 7.50. The number of aliphatic hydroxyl groups excluding tert-OH is 1. The second-order valence-electron chi connectivity index (χ2n) is 4.01. The number of hydrogen-bond acceptors (Lipinski definition) is 3. The minimum absolute atomic E-state index is 0.512. The first kappa shape index (κ1) is 13.5. The van der Waals surface area contributed by atoms with Crippen molar-refractivity contribution in [2.24, 2.45) is 0 Å². The highest BCUT2D eigenvalue weighted by Gasteiger charge is 2.09. The van der Waals surface area contributed by atoms with Crippen molar-refractivity contribution < 1.29 is 9.84 Å². The van der Waals surface area contributed by atoms with E-state index < -0.39 is 6.10 Å². The van der Waals surface area contributed by atoms with Crippen LogP contribution in [0.15, 0.2) is 22.7 Å². The van der Waals surface area contributed by atoms with Gasteiger partial charge in [-0.25, -0.2) is 0 Å². The van der Waals surface area contributed by atoms with Crippen molar-refractivity contribution in [2.75, 3.05) is 27.2 Å². The molecule has 90 valence electrons. The quantitative estimate of drug-likeness (QED) is 0.903. The highest BCUT2D eigenvalue weighted by atomic mass is 79.9. The molecule has 0 fully saturated rings. The standard InChI is InChI=1S/C12H18BrNO2/c1-9(15)11-5-4-10(13)8-12(11)16-7-6-14(2)3/h4-5,8-9,15H,6-7H2,1-3H3. The molecule has 0 saturated carbocycles. The number of rotatable bonds is 5. The van der Waals surface area contributed by atoms with E-state index in [-0.39, 0.29) is 0 Å². The summed E-state index contributed by atoms with van der Waals surface area (Å²) in [5.41, 5.74) is 0.821. The number of nitrogens with zero attached hydrogens (tertiary/aromatic N) is 1. The fourth-order valence-corrected chi connectivity index (χ4v) is 1.66. The minimum atomic E-state index is -0.512. The van der Waals surface area contributed by atoms with Gasteiger partial charge in [0, 0.05) is 16.6 Å². The summed E-state index contributed by atoms with van der Waals surface area (Å²) in [6.45, 7) is 3.21. The van der Waals surface area contributed by atoms with E-state index in [9.17, 15) is 5.11 Å². The molecular formula is C12H18BrNO2. The molecule has 0 aliphatic carbocycles. The van der Waals surface area contributed by atoms with Crippen molar-refractivity contribution in [3.05, 3.63) is 28.2 Å². The zero-order valence-electron chi connectivity index (χ0n) is 9.90. The molecule has 1 aromatic rings.